The average Bonchev–Trinajstić information content (AvgIpc) is 2.46. The molecule has 0 spiro atoms. The molecule has 1 aromatic carbocycles. The van der Waals surface area contributed by atoms with Gasteiger partial charge in [-0.05, 0) is 25.0 Å². The summed E-state index contributed by atoms with van der Waals surface area (Å²) in [6.07, 6.45) is 3.86. The number of H-pyrrole nitrogens is 1. The number of rotatable bonds is 1. The molecule has 0 aliphatic heterocycles. The molecule has 1 saturated carbocycles. The summed E-state index contributed by atoms with van der Waals surface area (Å²) >= 11 is 0. The minimum Gasteiger partial charge on any atom is -0.397 e. The first-order chi connectivity index (χ1) is 6.84. The summed E-state index contributed by atoms with van der Waals surface area (Å²) in [6, 6.07) is 5.88. The monoisotopic (exact) mass is 187 g/mol. The molecule has 1 fully saturated rings. The van der Waals surface area contributed by atoms with Gasteiger partial charge < -0.3 is 10.7 Å². The molecular formula is C11H13N3. The third-order valence-electron chi connectivity index (χ3n) is 3.05. The number of aromatic amines is 1. The van der Waals surface area contributed by atoms with Gasteiger partial charge in [-0.15, -0.1) is 0 Å². The van der Waals surface area contributed by atoms with Crippen LogP contribution in [0.15, 0.2) is 18.2 Å². The van der Waals surface area contributed by atoms with Crippen LogP contribution in [0.3, 0.4) is 0 Å². The molecule has 3 rings (SSSR count). The van der Waals surface area contributed by atoms with Crippen molar-refractivity contribution < 1.29 is 0 Å². The molecule has 0 amide bonds. The van der Waals surface area contributed by atoms with Gasteiger partial charge in [0.25, 0.3) is 0 Å². The summed E-state index contributed by atoms with van der Waals surface area (Å²) in [5, 5.41) is 0. The van der Waals surface area contributed by atoms with Gasteiger partial charge in [-0.2, -0.15) is 0 Å². The number of benzene rings is 1. The topological polar surface area (TPSA) is 54.7 Å². The van der Waals surface area contributed by atoms with Crippen molar-refractivity contribution in [2.75, 3.05) is 5.73 Å². The van der Waals surface area contributed by atoms with Crippen molar-refractivity contribution in [2.24, 2.45) is 0 Å². The second kappa shape index (κ2) is 2.74. The second-order valence-electron chi connectivity index (χ2n) is 3.99. The van der Waals surface area contributed by atoms with Crippen LogP contribution in [0.5, 0.6) is 0 Å². The SMILES string of the molecule is Nc1cccc2[nH]c(C3CCC3)nc12. The lowest BCUT2D eigenvalue weighted by Crippen LogP contribution is -2.10. The smallest absolute Gasteiger partial charge is 0.111 e. The number of imidazole rings is 1. The third-order valence-corrected chi connectivity index (χ3v) is 3.05. The first-order valence-electron chi connectivity index (χ1n) is 5.09. The zero-order valence-electron chi connectivity index (χ0n) is 7.96. The molecule has 0 radical (unpaired) electrons. The molecule has 0 bridgehead atoms. The Morgan fingerprint density at radius 3 is 2.86 bits per heavy atom. The summed E-state index contributed by atoms with van der Waals surface area (Å²) in [7, 11) is 0. The fourth-order valence-corrected chi connectivity index (χ4v) is 1.95. The standard InChI is InChI=1S/C11H13N3/c12-8-5-2-6-9-10(8)14-11(13-9)7-3-1-4-7/h2,5-7H,1,3-4,12H2,(H,13,14). The number of aromatic nitrogens is 2. The van der Waals surface area contributed by atoms with E-state index < -0.39 is 0 Å². The van der Waals surface area contributed by atoms with Crippen molar-refractivity contribution >= 4 is 16.7 Å². The summed E-state index contributed by atoms with van der Waals surface area (Å²) in [6.45, 7) is 0. The van der Waals surface area contributed by atoms with Crippen molar-refractivity contribution in [3.05, 3.63) is 24.0 Å². The van der Waals surface area contributed by atoms with Crippen LogP contribution in [0.4, 0.5) is 5.69 Å². The number of nitrogens with zero attached hydrogens (tertiary/aromatic N) is 1. The van der Waals surface area contributed by atoms with Gasteiger partial charge in [0.1, 0.15) is 11.3 Å². The quantitative estimate of drug-likeness (QED) is 0.673. The highest BCUT2D eigenvalue weighted by molar-refractivity contribution is 5.86. The van der Waals surface area contributed by atoms with Crippen LogP contribution >= 0.6 is 0 Å². The molecule has 0 unspecified atom stereocenters. The van der Waals surface area contributed by atoms with Crippen molar-refractivity contribution in [3.8, 4) is 0 Å². The average molecular weight is 187 g/mol. The van der Waals surface area contributed by atoms with Gasteiger partial charge >= 0.3 is 0 Å². The van der Waals surface area contributed by atoms with Gasteiger partial charge in [-0.25, -0.2) is 4.98 Å². The van der Waals surface area contributed by atoms with E-state index in [4.69, 9.17) is 5.73 Å². The number of anilines is 1. The van der Waals surface area contributed by atoms with Crippen molar-refractivity contribution in [3.63, 3.8) is 0 Å². The van der Waals surface area contributed by atoms with E-state index in [2.05, 4.69) is 9.97 Å². The summed E-state index contributed by atoms with van der Waals surface area (Å²) in [4.78, 5) is 7.90. The zero-order valence-corrected chi connectivity index (χ0v) is 7.96. The lowest BCUT2D eigenvalue weighted by atomic mass is 9.85. The lowest BCUT2D eigenvalue weighted by Gasteiger charge is -2.22. The second-order valence-corrected chi connectivity index (χ2v) is 3.99. The molecule has 14 heavy (non-hydrogen) atoms. The molecule has 1 aromatic heterocycles. The largest absolute Gasteiger partial charge is 0.397 e. The van der Waals surface area contributed by atoms with Gasteiger partial charge in [0.05, 0.1) is 11.2 Å². The number of para-hydroxylation sites is 1. The van der Waals surface area contributed by atoms with E-state index in [1.165, 1.54) is 19.3 Å². The Bertz CT molecular complexity index is 468. The number of hydrogen-bond donors (Lipinski definition) is 2. The number of nitrogens with one attached hydrogen (secondary N) is 1. The maximum absolute atomic E-state index is 5.85. The third kappa shape index (κ3) is 1.02. The van der Waals surface area contributed by atoms with Crippen LogP contribution in [0.2, 0.25) is 0 Å². The van der Waals surface area contributed by atoms with E-state index in [1.807, 2.05) is 18.2 Å². The van der Waals surface area contributed by atoms with Gasteiger partial charge in [-0.1, -0.05) is 12.5 Å². The first kappa shape index (κ1) is 7.85. The highest BCUT2D eigenvalue weighted by atomic mass is 14.9. The Morgan fingerprint density at radius 2 is 2.21 bits per heavy atom. The minimum atomic E-state index is 0.641. The Kier molecular flexibility index (Phi) is 1.54. The van der Waals surface area contributed by atoms with E-state index >= 15 is 0 Å². The summed E-state index contributed by atoms with van der Waals surface area (Å²) in [5.74, 6) is 1.76. The van der Waals surface area contributed by atoms with E-state index in [9.17, 15) is 0 Å². The fraction of sp³-hybridized carbons (Fsp3) is 0.364. The predicted octanol–water partition coefficient (Wildman–Crippen LogP) is 2.41. The van der Waals surface area contributed by atoms with E-state index in [1.54, 1.807) is 0 Å². The molecule has 3 nitrogen and oxygen atoms in total. The summed E-state index contributed by atoms with van der Waals surface area (Å²) < 4.78 is 0. The van der Waals surface area contributed by atoms with Gasteiger partial charge in [0.15, 0.2) is 0 Å². The molecule has 0 saturated heterocycles. The van der Waals surface area contributed by atoms with Gasteiger partial charge in [-0.3, -0.25) is 0 Å². The van der Waals surface area contributed by atoms with Gasteiger partial charge in [0, 0.05) is 5.92 Å². The Hall–Kier alpha value is -1.51. The molecule has 72 valence electrons. The molecule has 3 heteroatoms. The first-order valence-corrected chi connectivity index (χ1v) is 5.09. The predicted molar refractivity (Wildman–Crippen MR) is 57.1 cm³/mol. The number of hydrogen-bond acceptors (Lipinski definition) is 2. The molecular weight excluding hydrogens is 174 g/mol. The van der Waals surface area contributed by atoms with Crippen molar-refractivity contribution in [2.45, 2.75) is 25.2 Å². The highest BCUT2D eigenvalue weighted by Crippen LogP contribution is 2.35. The lowest BCUT2D eigenvalue weighted by molar-refractivity contribution is 0.405. The van der Waals surface area contributed by atoms with Crippen LogP contribution < -0.4 is 5.73 Å². The van der Waals surface area contributed by atoms with Crippen LogP contribution in [0, 0.1) is 0 Å². The molecule has 0 atom stereocenters. The number of nitrogens with two attached hydrogens (primary N) is 1. The maximum atomic E-state index is 5.85. The summed E-state index contributed by atoms with van der Waals surface area (Å²) in [5.41, 5.74) is 8.60. The number of nitrogen functional groups attached to an aromatic ring is 1. The van der Waals surface area contributed by atoms with Crippen LogP contribution in [-0.2, 0) is 0 Å². The molecule has 1 aliphatic rings. The minimum absolute atomic E-state index is 0.641. The molecule has 2 aromatic rings. The van der Waals surface area contributed by atoms with Crippen LogP contribution in [0.1, 0.15) is 31.0 Å². The zero-order chi connectivity index (χ0) is 9.54. The molecule has 3 N–H and O–H groups in total. The number of fused-ring (bicyclic) bond motifs is 1. The van der Waals surface area contributed by atoms with Gasteiger partial charge in [0.2, 0.25) is 0 Å². The molecule has 1 heterocycles. The van der Waals surface area contributed by atoms with Crippen molar-refractivity contribution in [1.82, 2.24) is 9.97 Å². The van der Waals surface area contributed by atoms with Crippen molar-refractivity contribution in [1.29, 1.82) is 0 Å². The molecule has 1 aliphatic carbocycles. The fourth-order valence-electron chi connectivity index (χ4n) is 1.95. The Labute approximate surface area is 82.3 Å². The van der Waals surface area contributed by atoms with E-state index in [0.717, 1.165) is 22.5 Å². The Morgan fingerprint density at radius 1 is 1.36 bits per heavy atom. The van der Waals surface area contributed by atoms with E-state index in [-0.39, 0.29) is 0 Å². The maximum Gasteiger partial charge on any atom is 0.111 e. The highest BCUT2D eigenvalue weighted by Gasteiger charge is 2.22. The van der Waals surface area contributed by atoms with Crippen LogP contribution in [-0.4, -0.2) is 9.97 Å². The van der Waals surface area contributed by atoms with E-state index in [0.29, 0.717) is 5.92 Å². The Balaban J connectivity index is 2.15. The normalized spacial score (nSPS) is 17.1. The van der Waals surface area contributed by atoms with Crippen LogP contribution in [0.25, 0.3) is 11.0 Å².